The average molecular weight is 252 g/mol. The lowest BCUT2D eigenvalue weighted by molar-refractivity contribution is 0.274. The third-order valence-electron chi connectivity index (χ3n) is 2.87. The van der Waals surface area contributed by atoms with E-state index in [1.165, 1.54) is 12.1 Å². The lowest BCUT2D eigenvalue weighted by atomic mass is 10.0. The molecule has 18 heavy (non-hydrogen) atoms. The molecule has 0 spiro atoms. The van der Waals surface area contributed by atoms with Crippen LogP contribution in [0.2, 0.25) is 0 Å². The van der Waals surface area contributed by atoms with Gasteiger partial charge in [0, 0.05) is 24.2 Å². The zero-order chi connectivity index (χ0) is 13.3. The van der Waals surface area contributed by atoms with Crippen LogP contribution in [0.25, 0.3) is 11.3 Å². The van der Waals surface area contributed by atoms with Crippen molar-refractivity contribution in [1.82, 2.24) is 9.78 Å². The Hall–Kier alpha value is -1.75. The van der Waals surface area contributed by atoms with Crippen LogP contribution in [0.5, 0.6) is 0 Å². The zero-order valence-corrected chi connectivity index (χ0v) is 10.2. The van der Waals surface area contributed by atoms with Crippen LogP contribution < -0.4 is 0 Å². The SMILES string of the molecule is CCc1c(CO)nn(C)c1-c1cc(F)cc(F)c1. The highest BCUT2D eigenvalue weighted by molar-refractivity contribution is 5.65. The van der Waals surface area contributed by atoms with Gasteiger partial charge in [0.25, 0.3) is 0 Å². The van der Waals surface area contributed by atoms with Gasteiger partial charge in [-0.05, 0) is 18.6 Å². The van der Waals surface area contributed by atoms with Crippen molar-refractivity contribution < 1.29 is 13.9 Å². The third kappa shape index (κ3) is 2.13. The summed E-state index contributed by atoms with van der Waals surface area (Å²) in [6.07, 6.45) is 0.636. The van der Waals surface area contributed by atoms with E-state index in [1.807, 2.05) is 6.92 Å². The molecule has 0 bridgehead atoms. The van der Waals surface area contributed by atoms with E-state index < -0.39 is 11.6 Å². The Kier molecular flexibility index (Phi) is 3.43. The Morgan fingerprint density at radius 3 is 2.33 bits per heavy atom. The van der Waals surface area contributed by atoms with Gasteiger partial charge in [-0.1, -0.05) is 6.92 Å². The molecule has 0 radical (unpaired) electrons. The van der Waals surface area contributed by atoms with E-state index in [0.29, 0.717) is 23.4 Å². The van der Waals surface area contributed by atoms with Gasteiger partial charge < -0.3 is 5.11 Å². The fourth-order valence-electron chi connectivity index (χ4n) is 2.17. The maximum Gasteiger partial charge on any atom is 0.126 e. The molecule has 1 aromatic heterocycles. The molecule has 3 nitrogen and oxygen atoms in total. The van der Waals surface area contributed by atoms with E-state index >= 15 is 0 Å². The lowest BCUT2D eigenvalue weighted by Crippen LogP contribution is -1.96. The summed E-state index contributed by atoms with van der Waals surface area (Å²) in [5, 5.41) is 13.4. The first-order valence-electron chi connectivity index (χ1n) is 5.68. The summed E-state index contributed by atoms with van der Waals surface area (Å²) in [5.74, 6) is -1.25. The summed E-state index contributed by atoms with van der Waals surface area (Å²) >= 11 is 0. The second-order valence-electron chi connectivity index (χ2n) is 4.07. The fraction of sp³-hybridized carbons (Fsp3) is 0.308. The summed E-state index contributed by atoms with van der Waals surface area (Å²) in [4.78, 5) is 0. The molecule has 0 amide bonds. The average Bonchev–Trinajstić information content (AvgIpc) is 2.63. The van der Waals surface area contributed by atoms with Crippen LogP contribution in [0.3, 0.4) is 0 Å². The van der Waals surface area contributed by atoms with Gasteiger partial charge >= 0.3 is 0 Å². The number of rotatable bonds is 3. The van der Waals surface area contributed by atoms with Gasteiger partial charge in [0.2, 0.25) is 0 Å². The summed E-state index contributed by atoms with van der Waals surface area (Å²) < 4.78 is 28.0. The molecule has 96 valence electrons. The largest absolute Gasteiger partial charge is 0.390 e. The highest BCUT2D eigenvalue weighted by Gasteiger charge is 2.16. The Morgan fingerprint density at radius 1 is 1.22 bits per heavy atom. The topological polar surface area (TPSA) is 38.1 Å². The Balaban J connectivity index is 2.66. The molecule has 0 atom stereocenters. The smallest absolute Gasteiger partial charge is 0.126 e. The summed E-state index contributed by atoms with van der Waals surface area (Å²) in [7, 11) is 1.69. The molecular formula is C13H14F2N2O. The zero-order valence-electron chi connectivity index (χ0n) is 10.2. The predicted molar refractivity (Wildman–Crippen MR) is 63.9 cm³/mol. The third-order valence-corrected chi connectivity index (χ3v) is 2.87. The van der Waals surface area contributed by atoms with Crippen LogP contribution in [0.15, 0.2) is 18.2 Å². The minimum Gasteiger partial charge on any atom is -0.390 e. The van der Waals surface area contributed by atoms with Gasteiger partial charge in [0.05, 0.1) is 18.0 Å². The van der Waals surface area contributed by atoms with Gasteiger partial charge in [-0.3, -0.25) is 4.68 Å². The molecule has 0 saturated carbocycles. The highest BCUT2D eigenvalue weighted by Crippen LogP contribution is 2.27. The number of hydrogen-bond donors (Lipinski definition) is 1. The highest BCUT2D eigenvalue weighted by atomic mass is 19.1. The van der Waals surface area contributed by atoms with Crippen molar-refractivity contribution in [2.45, 2.75) is 20.0 Å². The maximum absolute atomic E-state index is 13.3. The summed E-state index contributed by atoms with van der Waals surface area (Å²) in [6, 6.07) is 3.36. The lowest BCUT2D eigenvalue weighted by Gasteiger charge is -2.06. The van der Waals surface area contributed by atoms with E-state index in [0.717, 1.165) is 11.6 Å². The second kappa shape index (κ2) is 4.86. The number of benzene rings is 1. The molecule has 2 rings (SSSR count). The standard InChI is InChI=1S/C13H14F2N2O/c1-3-11-12(7-18)16-17(2)13(11)8-4-9(14)6-10(15)5-8/h4-6,18H,3,7H2,1-2H3. The predicted octanol–water partition coefficient (Wildman–Crippen LogP) is 2.42. The number of halogens is 2. The van der Waals surface area contributed by atoms with Crippen molar-refractivity contribution in [2.75, 3.05) is 0 Å². The Bertz CT molecular complexity index is 558. The normalized spacial score (nSPS) is 10.9. The number of aliphatic hydroxyl groups excluding tert-OH is 1. The Labute approximate surface area is 104 Å². The first-order chi connectivity index (χ1) is 8.56. The molecule has 0 fully saturated rings. The van der Waals surface area contributed by atoms with E-state index in [1.54, 1.807) is 11.7 Å². The minimum atomic E-state index is -0.626. The van der Waals surface area contributed by atoms with Crippen LogP contribution in [-0.4, -0.2) is 14.9 Å². The molecular weight excluding hydrogens is 238 g/mol. The van der Waals surface area contributed by atoms with Crippen molar-refractivity contribution in [3.63, 3.8) is 0 Å². The second-order valence-corrected chi connectivity index (χ2v) is 4.07. The summed E-state index contributed by atoms with van der Waals surface area (Å²) in [6.45, 7) is 1.73. The number of aliphatic hydroxyl groups is 1. The van der Waals surface area contributed by atoms with Crippen molar-refractivity contribution in [2.24, 2.45) is 7.05 Å². The summed E-state index contributed by atoms with van der Waals surface area (Å²) in [5.41, 5.74) is 2.42. The van der Waals surface area contributed by atoms with Gasteiger partial charge in [0.1, 0.15) is 11.6 Å². The van der Waals surface area contributed by atoms with E-state index in [2.05, 4.69) is 5.10 Å². The molecule has 0 aliphatic carbocycles. The van der Waals surface area contributed by atoms with E-state index in [4.69, 9.17) is 0 Å². The number of aromatic nitrogens is 2. The van der Waals surface area contributed by atoms with Crippen LogP contribution in [0.1, 0.15) is 18.2 Å². The van der Waals surface area contributed by atoms with Gasteiger partial charge in [-0.25, -0.2) is 8.78 Å². The first-order valence-corrected chi connectivity index (χ1v) is 5.68. The molecule has 0 aliphatic heterocycles. The molecule has 1 heterocycles. The molecule has 0 saturated heterocycles. The molecule has 5 heteroatoms. The first kappa shape index (κ1) is 12.7. The van der Waals surface area contributed by atoms with Gasteiger partial charge in [0.15, 0.2) is 0 Å². The maximum atomic E-state index is 13.3. The van der Waals surface area contributed by atoms with Gasteiger partial charge in [-0.15, -0.1) is 0 Å². The quantitative estimate of drug-likeness (QED) is 0.911. The van der Waals surface area contributed by atoms with Crippen molar-refractivity contribution in [1.29, 1.82) is 0 Å². The monoisotopic (exact) mass is 252 g/mol. The van der Waals surface area contributed by atoms with Crippen LogP contribution in [-0.2, 0) is 20.1 Å². The molecule has 1 N–H and O–H groups in total. The van der Waals surface area contributed by atoms with Crippen LogP contribution in [0.4, 0.5) is 8.78 Å². The molecule has 0 aliphatic rings. The fourth-order valence-corrected chi connectivity index (χ4v) is 2.17. The molecule has 1 aromatic carbocycles. The van der Waals surface area contributed by atoms with Gasteiger partial charge in [-0.2, -0.15) is 5.10 Å². The number of hydrogen-bond acceptors (Lipinski definition) is 2. The van der Waals surface area contributed by atoms with E-state index in [-0.39, 0.29) is 6.61 Å². The number of nitrogens with zero attached hydrogens (tertiary/aromatic N) is 2. The van der Waals surface area contributed by atoms with Crippen molar-refractivity contribution in [3.05, 3.63) is 41.1 Å². The van der Waals surface area contributed by atoms with E-state index in [9.17, 15) is 13.9 Å². The minimum absolute atomic E-state index is 0.186. The van der Waals surface area contributed by atoms with Crippen molar-refractivity contribution in [3.8, 4) is 11.3 Å². The molecule has 0 unspecified atom stereocenters. The van der Waals surface area contributed by atoms with Crippen LogP contribution >= 0.6 is 0 Å². The van der Waals surface area contributed by atoms with Crippen molar-refractivity contribution >= 4 is 0 Å². The Morgan fingerprint density at radius 2 is 1.83 bits per heavy atom. The number of aryl methyl sites for hydroxylation is 1. The van der Waals surface area contributed by atoms with Crippen LogP contribution in [0, 0.1) is 11.6 Å². The molecule has 2 aromatic rings.